The van der Waals surface area contributed by atoms with Gasteiger partial charge in [0.15, 0.2) is 11.9 Å². The molecular weight excluding hydrogens is 295 g/mol. The molecule has 0 saturated heterocycles. The van der Waals surface area contributed by atoms with Crippen LogP contribution in [-0.2, 0) is 4.79 Å². The Kier molecular flexibility index (Phi) is 4.36. The topological polar surface area (TPSA) is 74.6 Å². The molecule has 6 heteroatoms. The summed E-state index contributed by atoms with van der Waals surface area (Å²) < 4.78 is 13.0. The number of carboxylic acids is 1. The number of aliphatic hydroxyl groups excluding tert-OH is 1. The average molecular weight is 305 g/mol. The third kappa shape index (κ3) is 3.10. The highest BCUT2D eigenvalue weighted by Gasteiger charge is 2.24. The highest BCUT2D eigenvalue weighted by molar-refractivity contribution is 9.10. The van der Waals surface area contributed by atoms with Gasteiger partial charge in [-0.05, 0) is 19.1 Å². The Morgan fingerprint density at radius 1 is 1.41 bits per heavy atom. The molecule has 1 aromatic carbocycles. The molecule has 17 heavy (non-hydrogen) atoms. The fourth-order valence-electron chi connectivity index (χ4n) is 1.33. The molecule has 1 aromatic rings. The van der Waals surface area contributed by atoms with Crippen molar-refractivity contribution < 1.29 is 24.2 Å². The maximum atomic E-state index is 13.0. The second kappa shape index (κ2) is 5.37. The highest BCUT2D eigenvalue weighted by Crippen LogP contribution is 2.22. The zero-order chi connectivity index (χ0) is 13.2. The van der Waals surface area contributed by atoms with Gasteiger partial charge in [0.05, 0.1) is 4.83 Å². The van der Waals surface area contributed by atoms with Crippen LogP contribution in [0.25, 0.3) is 0 Å². The number of hydrogen-bond acceptors (Lipinski definition) is 3. The molecule has 2 N–H and O–H groups in total. The van der Waals surface area contributed by atoms with E-state index in [4.69, 9.17) is 5.11 Å². The zero-order valence-corrected chi connectivity index (χ0v) is 10.4. The molecule has 0 saturated carbocycles. The van der Waals surface area contributed by atoms with Gasteiger partial charge in [-0.2, -0.15) is 0 Å². The first-order valence-corrected chi connectivity index (χ1v) is 5.64. The fourth-order valence-corrected chi connectivity index (χ4v) is 1.57. The third-order valence-corrected chi connectivity index (χ3v) is 2.59. The Morgan fingerprint density at radius 2 is 2.00 bits per heavy atom. The maximum absolute atomic E-state index is 13.0. The Bertz CT molecular complexity index is 459. The molecule has 0 aliphatic heterocycles. The first kappa shape index (κ1) is 13.8. The van der Waals surface area contributed by atoms with Crippen LogP contribution >= 0.6 is 15.9 Å². The summed E-state index contributed by atoms with van der Waals surface area (Å²) >= 11 is 3.02. The van der Waals surface area contributed by atoms with Crippen molar-refractivity contribution in [3.8, 4) is 0 Å². The molecule has 0 aromatic heterocycles. The van der Waals surface area contributed by atoms with E-state index in [0.29, 0.717) is 0 Å². The van der Waals surface area contributed by atoms with Crippen molar-refractivity contribution in [1.29, 1.82) is 0 Å². The summed E-state index contributed by atoms with van der Waals surface area (Å²) in [6, 6.07) is 3.01. The van der Waals surface area contributed by atoms with E-state index >= 15 is 0 Å². The van der Waals surface area contributed by atoms with E-state index in [1.54, 1.807) is 0 Å². The van der Waals surface area contributed by atoms with Crippen LogP contribution in [0.4, 0.5) is 4.39 Å². The van der Waals surface area contributed by atoms with Crippen molar-refractivity contribution in [2.24, 2.45) is 0 Å². The summed E-state index contributed by atoms with van der Waals surface area (Å²) in [7, 11) is 0. The molecule has 4 nitrogen and oxygen atoms in total. The first-order valence-electron chi connectivity index (χ1n) is 4.73. The number of rotatable bonds is 4. The van der Waals surface area contributed by atoms with Crippen LogP contribution in [0.3, 0.4) is 0 Å². The third-order valence-electron chi connectivity index (χ3n) is 2.17. The summed E-state index contributed by atoms with van der Waals surface area (Å²) in [4.78, 5) is 21.8. The van der Waals surface area contributed by atoms with E-state index in [-0.39, 0.29) is 11.1 Å². The van der Waals surface area contributed by atoms with Crippen molar-refractivity contribution in [3.05, 3.63) is 35.1 Å². The standard InChI is InChI=1S/C11H10BrFO4/c1-5(12)9(14)8-4-6(13)2-3-7(8)10(15)11(16)17/h2-5,10,15H,1H3,(H,16,17). The van der Waals surface area contributed by atoms with Gasteiger partial charge >= 0.3 is 5.97 Å². The molecule has 1 rings (SSSR count). The Labute approximate surface area is 105 Å². The second-order valence-corrected chi connectivity index (χ2v) is 4.83. The molecule has 0 heterocycles. The number of benzene rings is 1. The van der Waals surface area contributed by atoms with E-state index in [1.807, 2.05) is 0 Å². The first-order chi connectivity index (χ1) is 7.84. The van der Waals surface area contributed by atoms with Gasteiger partial charge in [0, 0.05) is 11.1 Å². The molecule has 2 atom stereocenters. The number of carbonyl (C=O) groups excluding carboxylic acids is 1. The Balaban J connectivity index is 3.31. The SMILES string of the molecule is CC(Br)C(=O)c1cc(F)ccc1C(O)C(=O)O. The van der Waals surface area contributed by atoms with Gasteiger partial charge in [-0.3, -0.25) is 4.79 Å². The Hall–Kier alpha value is -1.27. The average Bonchev–Trinajstić information content (AvgIpc) is 2.26. The number of carbonyl (C=O) groups is 2. The number of hydrogen-bond donors (Lipinski definition) is 2. The molecule has 0 fully saturated rings. The molecule has 0 spiro atoms. The number of alkyl halides is 1. The van der Waals surface area contributed by atoms with Crippen LogP contribution in [0.2, 0.25) is 0 Å². The second-order valence-electron chi connectivity index (χ2n) is 3.45. The molecular formula is C11H10BrFO4. The molecule has 92 valence electrons. The van der Waals surface area contributed by atoms with Crippen LogP contribution in [0.5, 0.6) is 0 Å². The van der Waals surface area contributed by atoms with Gasteiger partial charge in [-0.25, -0.2) is 9.18 Å². The zero-order valence-electron chi connectivity index (χ0n) is 8.85. The summed E-state index contributed by atoms with van der Waals surface area (Å²) in [6.45, 7) is 1.53. The Morgan fingerprint density at radius 3 is 2.47 bits per heavy atom. The molecule has 0 bridgehead atoms. The van der Waals surface area contributed by atoms with Gasteiger partial charge in [0.1, 0.15) is 5.82 Å². The van der Waals surface area contributed by atoms with Crippen molar-refractivity contribution in [2.75, 3.05) is 0 Å². The number of Topliss-reactive ketones (excluding diaryl/α,β-unsaturated/α-hetero) is 1. The lowest BCUT2D eigenvalue weighted by Crippen LogP contribution is -2.18. The van der Waals surface area contributed by atoms with Crippen molar-refractivity contribution in [2.45, 2.75) is 17.9 Å². The molecule has 0 amide bonds. The van der Waals surface area contributed by atoms with Gasteiger partial charge in [0.25, 0.3) is 0 Å². The largest absolute Gasteiger partial charge is 0.479 e. The minimum absolute atomic E-state index is 0.116. The van der Waals surface area contributed by atoms with E-state index in [9.17, 15) is 19.1 Å². The highest BCUT2D eigenvalue weighted by atomic mass is 79.9. The molecule has 2 unspecified atom stereocenters. The van der Waals surface area contributed by atoms with Crippen LogP contribution in [-0.4, -0.2) is 26.8 Å². The lowest BCUT2D eigenvalue weighted by Gasteiger charge is -2.12. The lowest BCUT2D eigenvalue weighted by atomic mass is 9.98. The number of aliphatic hydroxyl groups is 1. The van der Waals surface area contributed by atoms with Gasteiger partial charge < -0.3 is 10.2 Å². The summed E-state index contributed by atoms with van der Waals surface area (Å²) in [5.41, 5.74) is -0.250. The summed E-state index contributed by atoms with van der Waals surface area (Å²) in [5.74, 6) is -2.64. The minimum atomic E-state index is -1.85. The molecule has 0 radical (unpaired) electrons. The number of carboxylic acid groups (broad SMARTS) is 1. The predicted octanol–water partition coefficient (Wildman–Crippen LogP) is 1.91. The van der Waals surface area contributed by atoms with Gasteiger partial charge in [0.2, 0.25) is 0 Å². The lowest BCUT2D eigenvalue weighted by molar-refractivity contribution is -0.146. The van der Waals surface area contributed by atoms with E-state index < -0.39 is 28.5 Å². The monoisotopic (exact) mass is 304 g/mol. The van der Waals surface area contributed by atoms with Crippen LogP contribution in [0.1, 0.15) is 28.9 Å². The van der Waals surface area contributed by atoms with E-state index in [2.05, 4.69) is 15.9 Å². The van der Waals surface area contributed by atoms with Gasteiger partial charge in [-0.1, -0.05) is 22.0 Å². The smallest absolute Gasteiger partial charge is 0.337 e. The number of ketones is 1. The summed E-state index contributed by atoms with van der Waals surface area (Å²) in [5, 5.41) is 18.1. The van der Waals surface area contributed by atoms with Crippen LogP contribution < -0.4 is 0 Å². The molecule has 0 aliphatic carbocycles. The maximum Gasteiger partial charge on any atom is 0.337 e. The quantitative estimate of drug-likeness (QED) is 0.658. The summed E-state index contributed by atoms with van der Waals surface area (Å²) in [6.07, 6.45) is -1.85. The van der Waals surface area contributed by atoms with Gasteiger partial charge in [-0.15, -0.1) is 0 Å². The van der Waals surface area contributed by atoms with Crippen LogP contribution in [0.15, 0.2) is 18.2 Å². The minimum Gasteiger partial charge on any atom is -0.479 e. The van der Waals surface area contributed by atoms with Crippen molar-refractivity contribution in [1.82, 2.24) is 0 Å². The van der Waals surface area contributed by atoms with E-state index in [0.717, 1.165) is 18.2 Å². The van der Waals surface area contributed by atoms with Crippen molar-refractivity contribution in [3.63, 3.8) is 0 Å². The fraction of sp³-hybridized carbons (Fsp3) is 0.273. The van der Waals surface area contributed by atoms with E-state index in [1.165, 1.54) is 6.92 Å². The normalized spacial score (nSPS) is 14.1. The predicted molar refractivity (Wildman–Crippen MR) is 61.7 cm³/mol. The number of aliphatic carboxylic acids is 1. The van der Waals surface area contributed by atoms with Crippen LogP contribution in [0, 0.1) is 5.82 Å². The number of halogens is 2. The molecule has 0 aliphatic rings. The van der Waals surface area contributed by atoms with Crippen molar-refractivity contribution >= 4 is 27.7 Å².